The van der Waals surface area contributed by atoms with Crippen LogP contribution in [0.1, 0.15) is 44.9 Å². The Balaban J connectivity index is 1.32. The van der Waals surface area contributed by atoms with Crippen LogP contribution in [0, 0.1) is 13.8 Å². The number of nitrogens with one attached hydrogen (secondary N) is 3. The number of anilines is 2. The van der Waals surface area contributed by atoms with Crippen LogP contribution in [0.5, 0.6) is 5.88 Å². The quantitative estimate of drug-likeness (QED) is 0.411. The van der Waals surface area contributed by atoms with Crippen molar-refractivity contribution in [2.45, 2.75) is 39.7 Å². The molecule has 1 aromatic carbocycles. The smallest absolute Gasteiger partial charge is 0.253 e. The van der Waals surface area contributed by atoms with Crippen molar-refractivity contribution < 1.29 is 14.7 Å². The number of aryl methyl sites for hydroxylation is 2. The molecule has 2 aromatic heterocycles. The molecule has 1 saturated heterocycles. The molecule has 0 saturated carbocycles. The molecule has 34 heavy (non-hydrogen) atoms. The number of carbonyl (C=O) groups is 2. The highest BCUT2D eigenvalue weighted by atomic mass is 32.1. The van der Waals surface area contributed by atoms with Crippen LogP contribution < -0.4 is 21.1 Å². The minimum Gasteiger partial charge on any atom is -0.492 e. The molecule has 3 heterocycles. The second-order valence-electron chi connectivity index (χ2n) is 8.37. The number of amides is 2. The van der Waals surface area contributed by atoms with Gasteiger partial charge < -0.3 is 25.6 Å². The molecular formula is C24H27N5O4S. The summed E-state index contributed by atoms with van der Waals surface area (Å²) < 4.78 is 0. The molecule has 0 unspecified atom stereocenters. The Labute approximate surface area is 200 Å². The van der Waals surface area contributed by atoms with Crippen LogP contribution >= 0.6 is 11.3 Å². The third-order valence-electron chi connectivity index (χ3n) is 5.71. The molecule has 0 aliphatic carbocycles. The number of hydrogen-bond donors (Lipinski definition) is 4. The number of rotatable bonds is 7. The molecule has 1 aliphatic rings. The van der Waals surface area contributed by atoms with Crippen LogP contribution in [-0.2, 0) is 17.8 Å². The fourth-order valence-corrected chi connectivity index (χ4v) is 4.92. The summed E-state index contributed by atoms with van der Waals surface area (Å²) in [5.74, 6) is -0.698. The van der Waals surface area contributed by atoms with Crippen molar-refractivity contribution in [2.75, 3.05) is 23.3 Å². The van der Waals surface area contributed by atoms with Gasteiger partial charge in [0.1, 0.15) is 0 Å². The van der Waals surface area contributed by atoms with Crippen molar-refractivity contribution >= 4 is 34.0 Å². The van der Waals surface area contributed by atoms with Gasteiger partial charge >= 0.3 is 0 Å². The number of thiazole rings is 1. The van der Waals surface area contributed by atoms with E-state index in [4.69, 9.17) is 0 Å². The van der Waals surface area contributed by atoms with Crippen LogP contribution in [0.3, 0.4) is 0 Å². The van der Waals surface area contributed by atoms with Gasteiger partial charge in [-0.05, 0) is 62.6 Å². The van der Waals surface area contributed by atoms with Gasteiger partial charge in [-0.1, -0.05) is 11.3 Å². The van der Waals surface area contributed by atoms with E-state index in [-0.39, 0.29) is 36.2 Å². The molecule has 2 amide bonds. The van der Waals surface area contributed by atoms with E-state index in [9.17, 15) is 19.5 Å². The number of hydrogen-bond acceptors (Lipinski definition) is 7. The third-order valence-corrected chi connectivity index (χ3v) is 6.82. The zero-order valence-corrected chi connectivity index (χ0v) is 19.9. The lowest BCUT2D eigenvalue weighted by Crippen LogP contribution is -2.27. The van der Waals surface area contributed by atoms with E-state index in [1.165, 1.54) is 11.3 Å². The first kappa shape index (κ1) is 23.5. The van der Waals surface area contributed by atoms with E-state index in [2.05, 4.69) is 25.5 Å². The molecule has 0 radical (unpaired) electrons. The molecule has 4 rings (SSSR count). The van der Waals surface area contributed by atoms with E-state index in [0.717, 1.165) is 42.3 Å². The third kappa shape index (κ3) is 5.45. The van der Waals surface area contributed by atoms with Crippen molar-refractivity contribution in [3.63, 3.8) is 0 Å². The van der Waals surface area contributed by atoms with Gasteiger partial charge in [0.15, 0.2) is 5.13 Å². The molecule has 10 heteroatoms. The van der Waals surface area contributed by atoms with Crippen molar-refractivity contribution in [2.24, 2.45) is 0 Å². The Kier molecular flexibility index (Phi) is 6.97. The summed E-state index contributed by atoms with van der Waals surface area (Å²) in [6.45, 7) is 5.60. The Hall–Kier alpha value is -3.66. The maximum Gasteiger partial charge on any atom is 0.253 e. The summed E-state index contributed by atoms with van der Waals surface area (Å²) in [4.78, 5) is 46.6. The van der Waals surface area contributed by atoms with Crippen LogP contribution in [0.4, 0.5) is 10.8 Å². The fraction of sp³-hybridized carbons (Fsp3) is 0.333. The summed E-state index contributed by atoms with van der Waals surface area (Å²) in [7, 11) is 0. The summed E-state index contributed by atoms with van der Waals surface area (Å²) in [6.07, 6.45) is 2.23. The number of pyridine rings is 1. The molecule has 0 atom stereocenters. The predicted octanol–water partition coefficient (Wildman–Crippen LogP) is 2.87. The van der Waals surface area contributed by atoms with Gasteiger partial charge in [-0.15, -0.1) is 0 Å². The lowest BCUT2D eigenvalue weighted by Gasteiger charge is -2.11. The molecule has 1 fully saturated rings. The lowest BCUT2D eigenvalue weighted by atomic mass is 10.1. The van der Waals surface area contributed by atoms with Gasteiger partial charge in [0.25, 0.3) is 11.5 Å². The monoisotopic (exact) mass is 481 g/mol. The first-order chi connectivity index (χ1) is 16.3. The Bertz CT molecular complexity index is 1260. The van der Waals surface area contributed by atoms with E-state index < -0.39 is 0 Å². The zero-order chi connectivity index (χ0) is 24.2. The number of benzene rings is 1. The minimum atomic E-state index is -0.318. The number of nitrogens with zero attached hydrogens (tertiary/aromatic N) is 2. The van der Waals surface area contributed by atoms with Gasteiger partial charge in [-0.25, -0.2) is 0 Å². The number of aromatic nitrogens is 2. The highest BCUT2D eigenvalue weighted by molar-refractivity contribution is 7.16. The standard InChI is InChI=1S/C24H27N5O4S/c1-14-11-15(2)26-22(32)18(14)13-25-21(31)16-5-7-17(8-6-16)27-20(30)12-19-23(33)28-24(34-19)29-9-3-4-10-29/h5-8,11,33H,3-4,9-10,12-13H2,1-2H3,(H,25,31)(H,26,32)(H,27,30). The van der Waals surface area contributed by atoms with Crippen LogP contribution in [0.2, 0.25) is 0 Å². The van der Waals surface area contributed by atoms with E-state index in [1.54, 1.807) is 24.3 Å². The average Bonchev–Trinajstić information content (AvgIpc) is 3.43. The molecule has 0 bridgehead atoms. The van der Waals surface area contributed by atoms with Gasteiger partial charge in [-0.2, -0.15) is 4.98 Å². The normalized spacial score (nSPS) is 13.2. The highest BCUT2D eigenvalue weighted by Gasteiger charge is 2.20. The number of aromatic hydroxyl groups is 1. The fourth-order valence-electron chi connectivity index (χ4n) is 3.92. The van der Waals surface area contributed by atoms with Crippen LogP contribution in [0.25, 0.3) is 0 Å². The van der Waals surface area contributed by atoms with E-state index in [0.29, 0.717) is 21.7 Å². The Morgan fingerprint density at radius 1 is 1.18 bits per heavy atom. The van der Waals surface area contributed by atoms with Crippen molar-refractivity contribution in [3.8, 4) is 5.88 Å². The molecule has 4 N–H and O–H groups in total. The maximum absolute atomic E-state index is 12.5. The van der Waals surface area contributed by atoms with Crippen molar-refractivity contribution in [3.05, 3.63) is 67.9 Å². The van der Waals surface area contributed by atoms with Crippen molar-refractivity contribution in [1.82, 2.24) is 15.3 Å². The van der Waals surface area contributed by atoms with Crippen LogP contribution in [-0.4, -0.2) is 40.0 Å². The van der Waals surface area contributed by atoms with Crippen LogP contribution in [0.15, 0.2) is 35.1 Å². The largest absolute Gasteiger partial charge is 0.492 e. The molecule has 0 spiro atoms. The first-order valence-corrected chi connectivity index (χ1v) is 11.9. The maximum atomic E-state index is 12.5. The van der Waals surface area contributed by atoms with Gasteiger partial charge in [0, 0.05) is 42.1 Å². The minimum absolute atomic E-state index is 0.0179. The molecule has 9 nitrogen and oxygen atoms in total. The molecule has 3 aromatic rings. The average molecular weight is 482 g/mol. The highest BCUT2D eigenvalue weighted by Crippen LogP contribution is 2.33. The van der Waals surface area contributed by atoms with Gasteiger partial charge in [-0.3, -0.25) is 14.4 Å². The lowest BCUT2D eigenvalue weighted by molar-refractivity contribution is -0.115. The first-order valence-electron chi connectivity index (χ1n) is 11.1. The summed E-state index contributed by atoms with van der Waals surface area (Å²) in [6, 6.07) is 8.34. The molecule has 178 valence electrons. The second-order valence-corrected chi connectivity index (χ2v) is 9.43. The summed E-state index contributed by atoms with van der Waals surface area (Å²) in [5.41, 5.74) is 2.84. The number of aromatic amines is 1. The topological polar surface area (TPSA) is 127 Å². The SMILES string of the molecule is Cc1cc(C)c(CNC(=O)c2ccc(NC(=O)Cc3sc(N4CCCC4)nc3O)cc2)c(=O)[nH]1. The zero-order valence-electron chi connectivity index (χ0n) is 19.1. The predicted molar refractivity (Wildman–Crippen MR) is 132 cm³/mol. The van der Waals surface area contributed by atoms with Gasteiger partial charge in [0.05, 0.1) is 11.3 Å². The number of H-pyrrole nitrogens is 1. The molecular weight excluding hydrogens is 454 g/mol. The Morgan fingerprint density at radius 2 is 1.88 bits per heavy atom. The van der Waals surface area contributed by atoms with E-state index >= 15 is 0 Å². The Morgan fingerprint density at radius 3 is 2.56 bits per heavy atom. The summed E-state index contributed by atoms with van der Waals surface area (Å²) >= 11 is 1.33. The second kappa shape index (κ2) is 10.1. The number of carbonyl (C=O) groups excluding carboxylic acids is 2. The summed E-state index contributed by atoms with van der Waals surface area (Å²) in [5, 5.41) is 16.4. The van der Waals surface area contributed by atoms with Gasteiger partial charge in [0.2, 0.25) is 11.8 Å². The molecule has 1 aliphatic heterocycles. The van der Waals surface area contributed by atoms with Crippen molar-refractivity contribution in [1.29, 1.82) is 0 Å². The van der Waals surface area contributed by atoms with E-state index in [1.807, 2.05) is 19.9 Å².